The molecule has 1 aliphatic heterocycles. The summed E-state index contributed by atoms with van der Waals surface area (Å²) >= 11 is 0. The van der Waals surface area contributed by atoms with Crippen LogP contribution in [0.5, 0.6) is 0 Å². The van der Waals surface area contributed by atoms with Gasteiger partial charge in [-0.1, -0.05) is 48.9 Å². The van der Waals surface area contributed by atoms with E-state index in [2.05, 4.69) is 82.5 Å². The Morgan fingerprint density at radius 1 is 0.848 bits per heavy atom. The summed E-state index contributed by atoms with van der Waals surface area (Å²) in [6, 6.07) is 9.80. The number of allylic oxidation sites excluding steroid dienone is 3. The molecule has 0 N–H and O–H groups in total. The van der Waals surface area contributed by atoms with Gasteiger partial charge in [-0.05, 0) is 133 Å². The lowest BCUT2D eigenvalue weighted by Gasteiger charge is -2.56. The lowest BCUT2D eigenvalue weighted by Crippen LogP contribution is -2.60. The van der Waals surface area contributed by atoms with E-state index in [0.717, 1.165) is 17.8 Å². The second kappa shape index (κ2) is 10.1. The van der Waals surface area contributed by atoms with Gasteiger partial charge < -0.3 is 0 Å². The molecule has 1 nitrogen and oxygen atoms in total. The Kier molecular flexibility index (Phi) is 7.59. The van der Waals surface area contributed by atoms with E-state index in [1.807, 2.05) is 0 Å². The molecule has 1 heterocycles. The van der Waals surface area contributed by atoms with E-state index in [4.69, 9.17) is 0 Å². The highest BCUT2D eigenvalue weighted by Crippen LogP contribution is 2.47. The molecule has 182 valence electrons. The summed E-state index contributed by atoms with van der Waals surface area (Å²) in [6.45, 7) is 17.5. The Balaban J connectivity index is 1.37. The molecule has 1 atom stereocenters. The smallest absolute Gasteiger partial charge is 0.0164 e. The molecule has 33 heavy (non-hydrogen) atoms. The fraction of sp³-hybridized carbons (Fsp3) is 0.688. The van der Waals surface area contributed by atoms with Crippen molar-refractivity contribution in [1.29, 1.82) is 0 Å². The standard InChI is InChI=1S/C32H49N/c1-7-21-33-31(3,4)22-30(23-32(33,5)6)29-19-17-28(18-20-29)27-15-13-26(14-16-27)25-11-9-24(8-2)10-12-25/h8,13-16,19,24-25,28,30H,2,7,9-12,17-18,20-23H2,1,3-6H3. The number of rotatable bonds is 6. The maximum Gasteiger partial charge on any atom is 0.0164 e. The van der Waals surface area contributed by atoms with E-state index < -0.39 is 0 Å². The number of nitrogens with zero attached hydrogens (tertiary/aromatic N) is 1. The van der Waals surface area contributed by atoms with E-state index in [0.29, 0.717) is 17.0 Å². The van der Waals surface area contributed by atoms with E-state index in [1.165, 1.54) is 70.8 Å². The van der Waals surface area contributed by atoms with Crippen LogP contribution in [0.15, 0.2) is 48.6 Å². The average molecular weight is 448 g/mol. The Labute approximate surface area is 204 Å². The molecule has 1 saturated heterocycles. The van der Waals surface area contributed by atoms with Gasteiger partial charge >= 0.3 is 0 Å². The van der Waals surface area contributed by atoms with Gasteiger partial charge in [0.15, 0.2) is 0 Å². The molecule has 3 aliphatic rings. The van der Waals surface area contributed by atoms with Gasteiger partial charge in [0.25, 0.3) is 0 Å². The van der Waals surface area contributed by atoms with Crippen molar-refractivity contribution in [2.45, 2.75) is 122 Å². The minimum Gasteiger partial charge on any atom is -0.293 e. The summed E-state index contributed by atoms with van der Waals surface area (Å²) in [7, 11) is 0. The highest BCUT2D eigenvalue weighted by Gasteiger charge is 2.45. The molecule has 0 bridgehead atoms. The van der Waals surface area contributed by atoms with Crippen molar-refractivity contribution in [3.8, 4) is 0 Å². The lowest BCUT2D eigenvalue weighted by molar-refractivity contribution is -0.0447. The van der Waals surface area contributed by atoms with Crippen molar-refractivity contribution in [2.24, 2.45) is 11.8 Å². The Morgan fingerprint density at radius 2 is 1.42 bits per heavy atom. The van der Waals surface area contributed by atoms with Gasteiger partial charge in [-0.25, -0.2) is 0 Å². The van der Waals surface area contributed by atoms with E-state index in [9.17, 15) is 0 Å². The first-order chi connectivity index (χ1) is 15.7. The number of hydrogen-bond acceptors (Lipinski definition) is 1. The van der Waals surface area contributed by atoms with Crippen molar-refractivity contribution < 1.29 is 0 Å². The van der Waals surface area contributed by atoms with Gasteiger partial charge in [0.2, 0.25) is 0 Å². The minimum absolute atomic E-state index is 0.292. The van der Waals surface area contributed by atoms with Gasteiger partial charge in [0, 0.05) is 11.1 Å². The summed E-state index contributed by atoms with van der Waals surface area (Å²) < 4.78 is 0. The van der Waals surface area contributed by atoms with Crippen LogP contribution in [0.2, 0.25) is 0 Å². The van der Waals surface area contributed by atoms with Crippen LogP contribution in [0.1, 0.15) is 122 Å². The molecule has 1 aromatic carbocycles. The third-order valence-corrected chi connectivity index (χ3v) is 9.36. The quantitative estimate of drug-likeness (QED) is 0.393. The summed E-state index contributed by atoms with van der Waals surface area (Å²) in [4.78, 5) is 2.79. The monoisotopic (exact) mass is 447 g/mol. The molecule has 0 amide bonds. The zero-order valence-electron chi connectivity index (χ0n) is 22.2. The molecular formula is C32H49N. The highest BCUT2D eigenvalue weighted by molar-refractivity contribution is 5.30. The molecule has 1 aromatic rings. The van der Waals surface area contributed by atoms with Crippen LogP contribution in [-0.4, -0.2) is 22.5 Å². The van der Waals surface area contributed by atoms with E-state index in [1.54, 1.807) is 16.7 Å². The maximum atomic E-state index is 4.00. The number of benzene rings is 1. The van der Waals surface area contributed by atoms with E-state index >= 15 is 0 Å². The molecule has 2 aliphatic carbocycles. The predicted octanol–water partition coefficient (Wildman–Crippen LogP) is 9.02. The van der Waals surface area contributed by atoms with Crippen molar-refractivity contribution in [1.82, 2.24) is 4.90 Å². The largest absolute Gasteiger partial charge is 0.293 e. The fourth-order valence-corrected chi connectivity index (χ4v) is 7.67. The Bertz CT molecular complexity index is 801. The Morgan fingerprint density at radius 3 is 1.91 bits per heavy atom. The minimum atomic E-state index is 0.292. The third kappa shape index (κ3) is 5.50. The molecule has 1 unspecified atom stereocenters. The molecule has 0 spiro atoms. The van der Waals surface area contributed by atoms with Crippen molar-refractivity contribution in [3.05, 3.63) is 59.7 Å². The fourth-order valence-electron chi connectivity index (χ4n) is 7.67. The molecule has 0 aromatic heterocycles. The number of piperidine rings is 1. The average Bonchev–Trinajstić information content (AvgIpc) is 2.81. The normalized spacial score (nSPS) is 30.6. The second-order valence-electron chi connectivity index (χ2n) is 12.6. The molecule has 1 heteroatoms. The summed E-state index contributed by atoms with van der Waals surface area (Å²) in [5.74, 6) is 2.98. The maximum absolute atomic E-state index is 4.00. The highest BCUT2D eigenvalue weighted by atomic mass is 15.3. The first kappa shape index (κ1) is 24.8. The van der Waals surface area contributed by atoms with Gasteiger partial charge in [-0.2, -0.15) is 0 Å². The van der Waals surface area contributed by atoms with Gasteiger partial charge in [-0.15, -0.1) is 6.58 Å². The summed E-state index contributed by atoms with van der Waals surface area (Å²) in [5, 5.41) is 0. The SMILES string of the molecule is C=CC1CCC(c2ccc(C3CC=C(C4CC(C)(C)N(CCC)C(C)(C)C4)CC3)cc2)CC1. The zero-order valence-corrected chi connectivity index (χ0v) is 22.2. The van der Waals surface area contributed by atoms with Crippen LogP contribution in [0.4, 0.5) is 0 Å². The first-order valence-corrected chi connectivity index (χ1v) is 13.9. The van der Waals surface area contributed by atoms with E-state index in [-0.39, 0.29) is 0 Å². The molecule has 2 fully saturated rings. The van der Waals surface area contributed by atoms with Crippen LogP contribution >= 0.6 is 0 Å². The van der Waals surface area contributed by atoms with Crippen LogP contribution in [0.25, 0.3) is 0 Å². The summed E-state index contributed by atoms with van der Waals surface area (Å²) in [5.41, 5.74) is 5.48. The molecule has 1 saturated carbocycles. The van der Waals surface area contributed by atoms with Crippen LogP contribution < -0.4 is 0 Å². The van der Waals surface area contributed by atoms with Crippen molar-refractivity contribution in [3.63, 3.8) is 0 Å². The summed E-state index contributed by atoms with van der Waals surface area (Å²) in [6.07, 6.45) is 17.8. The van der Waals surface area contributed by atoms with Gasteiger partial charge in [0.05, 0.1) is 0 Å². The van der Waals surface area contributed by atoms with Gasteiger partial charge in [-0.3, -0.25) is 4.90 Å². The second-order valence-corrected chi connectivity index (χ2v) is 12.6. The van der Waals surface area contributed by atoms with Gasteiger partial charge in [0.1, 0.15) is 0 Å². The third-order valence-electron chi connectivity index (χ3n) is 9.36. The van der Waals surface area contributed by atoms with Crippen molar-refractivity contribution >= 4 is 0 Å². The molecular weight excluding hydrogens is 398 g/mol. The number of likely N-dealkylation sites (tertiary alicyclic amines) is 1. The zero-order chi connectivity index (χ0) is 23.6. The van der Waals surface area contributed by atoms with Crippen LogP contribution in [0, 0.1) is 11.8 Å². The van der Waals surface area contributed by atoms with Crippen LogP contribution in [-0.2, 0) is 0 Å². The topological polar surface area (TPSA) is 3.24 Å². The molecule has 4 rings (SSSR count). The molecule has 0 radical (unpaired) electrons. The van der Waals surface area contributed by atoms with Crippen molar-refractivity contribution in [2.75, 3.05) is 6.54 Å². The Hall–Kier alpha value is -1.34. The predicted molar refractivity (Wildman–Crippen MR) is 144 cm³/mol. The van der Waals surface area contributed by atoms with Crippen LogP contribution in [0.3, 0.4) is 0 Å². The first-order valence-electron chi connectivity index (χ1n) is 13.9. The number of hydrogen-bond donors (Lipinski definition) is 0. The lowest BCUT2D eigenvalue weighted by atomic mass is 9.68.